The second-order valence-corrected chi connectivity index (χ2v) is 5.95. The molecule has 0 aliphatic heterocycles. The molecule has 0 amide bonds. The molecule has 0 aromatic heterocycles. The van der Waals surface area contributed by atoms with Crippen LogP contribution in [-0.2, 0) is 4.84 Å². The Hall–Kier alpha value is -1.91. The van der Waals surface area contributed by atoms with Crippen LogP contribution in [0, 0.1) is 0 Å². The van der Waals surface area contributed by atoms with Crippen molar-refractivity contribution in [3.05, 3.63) is 77.2 Å². The molecule has 1 aromatic carbocycles. The molecule has 4 heteroatoms. The minimum atomic E-state index is 0.573. The van der Waals surface area contributed by atoms with Crippen molar-refractivity contribution in [2.24, 2.45) is 5.90 Å². The van der Waals surface area contributed by atoms with Gasteiger partial charge in [-0.25, -0.2) is 0 Å². The normalized spacial score (nSPS) is 15.0. The second kappa shape index (κ2) is 7.76. The third-order valence-corrected chi connectivity index (χ3v) is 4.02. The number of nitrogens with two attached hydrogens (primary N) is 1. The van der Waals surface area contributed by atoms with Gasteiger partial charge in [-0.15, -0.1) is 0 Å². The lowest BCUT2D eigenvalue weighted by atomic mass is 10.1. The number of benzene rings is 1. The van der Waals surface area contributed by atoms with Crippen LogP contribution in [-0.4, -0.2) is 0 Å². The maximum absolute atomic E-state index is 5.42. The van der Waals surface area contributed by atoms with E-state index in [2.05, 4.69) is 24.0 Å². The van der Waals surface area contributed by atoms with Crippen molar-refractivity contribution in [3.8, 4) is 0 Å². The Morgan fingerprint density at radius 3 is 2.67 bits per heavy atom. The van der Waals surface area contributed by atoms with E-state index in [9.17, 15) is 0 Å². The summed E-state index contributed by atoms with van der Waals surface area (Å²) in [7, 11) is 0. The molecule has 21 heavy (non-hydrogen) atoms. The van der Waals surface area contributed by atoms with Gasteiger partial charge in [0, 0.05) is 15.5 Å². The van der Waals surface area contributed by atoms with Gasteiger partial charge in [0.15, 0.2) is 5.76 Å². The Morgan fingerprint density at radius 2 is 2.05 bits per heavy atom. The molecule has 3 N–H and O–H groups in total. The van der Waals surface area contributed by atoms with Gasteiger partial charge in [-0.1, -0.05) is 48.7 Å². The van der Waals surface area contributed by atoms with Crippen LogP contribution in [0.2, 0.25) is 0 Å². The summed E-state index contributed by atoms with van der Waals surface area (Å²) in [5.41, 5.74) is 1.69. The summed E-state index contributed by atoms with van der Waals surface area (Å²) in [4.78, 5) is 7.13. The van der Waals surface area contributed by atoms with Gasteiger partial charge in [-0.05, 0) is 38.0 Å². The molecule has 1 aromatic rings. The van der Waals surface area contributed by atoms with E-state index in [1.54, 1.807) is 11.8 Å². The maximum atomic E-state index is 5.42. The largest absolute Gasteiger partial charge is 0.408 e. The van der Waals surface area contributed by atoms with Crippen molar-refractivity contribution in [3.63, 3.8) is 0 Å². The molecule has 3 nitrogen and oxygen atoms in total. The van der Waals surface area contributed by atoms with E-state index >= 15 is 0 Å². The molecule has 0 fully saturated rings. The van der Waals surface area contributed by atoms with E-state index < -0.39 is 0 Å². The molecule has 1 aliphatic rings. The van der Waals surface area contributed by atoms with Crippen molar-refractivity contribution in [2.75, 3.05) is 0 Å². The van der Waals surface area contributed by atoms with Gasteiger partial charge < -0.3 is 10.2 Å². The molecule has 0 bridgehead atoms. The van der Waals surface area contributed by atoms with Crippen LogP contribution >= 0.6 is 11.8 Å². The van der Waals surface area contributed by atoms with Gasteiger partial charge in [0.05, 0.1) is 5.70 Å². The Labute approximate surface area is 130 Å². The lowest BCUT2D eigenvalue weighted by molar-refractivity contribution is 0.225. The fraction of sp³-hybridized carbons (Fsp3) is 0.176. The topological polar surface area (TPSA) is 47.3 Å². The standard InChI is InChI=1S/C17H20N2OS/c1-13(19-15-9-5-3-6-10-15)17(20-18)14(2)21-16-11-7-4-8-12-16/h4-5,7-12,19H,1,3,6,18H2,2H3/b17-14+. The number of thioether (sulfide) groups is 1. The molecular weight excluding hydrogens is 280 g/mol. The first-order valence-corrected chi connectivity index (χ1v) is 7.66. The number of hydrogen-bond donors (Lipinski definition) is 2. The highest BCUT2D eigenvalue weighted by atomic mass is 32.2. The third-order valence-electron chi connectivity index (χ3n) is 3.02. The Morgan fingerprint density at radius 1 is 1.29 bits per heavy atom. The Kier molecular flexibility index (Phi) is 5.72. The summed E-state index contributed by atoms with van der Waals surface area (Å²) >= 11 is 1.60. The smallest absolute Gasteiger partial charge is 0.179 e. The van der Waals surface area contributed by atoms with E-state index in [1.165, 1.54) is 0 Å². The van der Waals surface area contributed by atoms with Crippen molar-refractivity contribution in [2.45, 2.75) is 24.7 Å². The first-order chi connectivity index (χ1) is 10.2. The summed E-state index contributed by atoms with van der Waals surface area (Å²) < 4.78 is 0. The molecule has 0 unspecified atom stereocenters. The summed E-state index contributed by atoms with van der Waals surface area (Å²) in [5.74, 6) is 6.00. The van der Waals surface area contributed by atoms with Crippen molar-refractivity contribution >= 4 is 11.8 Å². The van der Waals surface area contributed by atoms with Crippen molar-refractivity contribution in [1.29, 1.82) is 0 Å². The molecular formula is C17H20N2OS. The molecule has 2 rings (SSSR count). The molecule has 0 radical (unpaired) electrons. The number of nitrogens with one attached hydrogen (secondary N) is 1. The highest BCUT2D eigenvalue weighted by Gasteiger charge is 2.11. The van der Waals surface area contributed by atoms with Crippen LogP contribution in [0.25, 0.3) is 0 Å². The van der Waals surface area contributed by atoms with E-state index in [0.717, 1.165) is 28.3 Å². The third kappa shape index (κ3) is 4.55. The van der Waals surface area contributed by atoms with Gasteiger partial charge in [-0.3, -0.25) is 0 Å². The SMILES string of the molecule is C=C(NC1=CCCC=C1)/C(ON)=C(/C)Sc1ccccc1. The van der Waals surface area contributed by atoms with Gasteiger partial charge in [-0.2, -0.15) is 5.90 Å². The van der Waals surface area contributed by atoms with Crippen LogP contribution in [0.4, 0.5) is 0 Å². The summed E-state index contributed by atoms with van der Waals surface area (Å²) in [5, 5.41) is 3.24. The first-order valence-electron chi connectivity index (χ1n) is 6.84. The van der Waals surface area contributed by atoms with Gasteiger partial charge in [0.25, 0.3) is 0 Å². The van der Waals surface area contributed by atoms with Gasteiger partial charge in [0.2, 0.25) is 0 Å². The Bertz CT molecular complexity index is 588. The number of rotatable bonds is 6. The molecule has 0 saturated carbocycles. The lowest BCUT2D eigenvalue weighted by Gasteiger charge is -2.16. The monoisotopic (exact) mass is 300 g/mol. The fourth-order valence-electron chi connectivity index (χ4n) is 2.02. The fourth-order valence-corrected chi connectivity index (χ4v) is 2.93. The zero-order valence-electron chi connectivity index (χ0n) is 12.1. The molecule has 0 saturated heterocycles. The molecule has 0 heterocycles. The average molecular weight is 300 g/mol. The molecule has 0 spiro atoms. The van der Waals surface area contributed by atoms with Crippen LogP contribution in [0.1, 0.15) is 19.8 Å². The summed E-state index contributed by atoms with van der Waals surface area (Å²) in [6, 6.07) is 10.1. The Balaban J connectivity index is 2.09. The van der Waals surface area contributed by atoms with Crippen LogP contribution in [0.15, 0.2) is 82.1 Å². The molecule has 110 valence electrons. The van der Waals surface area contributed by atoms with E-state index in [-0.39, 0.29) is 0 Å². The predicted molar refractivity (Wildman–Crippen MR) is 89.0 cm³/mol. The zero-order chi connectivity index (χ0) is 15.1. The minimum absolute atomic E-state index is 0.573. The maximum Gasteiger partial charge on any atom is 0.179 e. The zero-order valence-corrected chi connectivity index (χ0v) is 13.0. The first kappa shape index (κ1) is 15.5. The van der Waals surface area contributed by atoms with Gasteiger partial charge in [0.1, 0.15) is 0 Å². The predicted octanol–water partition coefficient (Wildman–Crippen LogP) is 4.24. The number of allylic oxidation sites excluding steroid dienone is 4. The molecule has 0 atom stereocenters. The van der Waals surface area contributed by atoms with E-state index in [0.29, 0.717) is 11.5 Å². The number of hydrogen-bond acceptors (Lipinski definition) is 4. The quantitative estimate of drug-likeness (QED) is 0.357. The van der Waals surface area contributed by atoms with Gasteiger partial charge >= 0.3 is 0 Å². The summed E-state index contributed by atoms with van der Waals surface area (Å²) in [6.45, 7) is 5.99. The average Bonchev–Trinajstić information content (AvgIpc) is 2.50. The van der Waals surface area contributed by atoms with E-state index in [1.807, 2.05) is 43.3 Å². The van der Waals surface area contributed by atoms with Crippen molar-refractivity contribution in [1.82, 2.24) is 5.32 Å². The van der Waals surface area contributed by atoms with E-state index in [4.69, 9.17) is 10.7 Å². The van der Waals surface area contributed by atoms with Crippen molar-refractivity contribution < 1.29 is 4.84 Å². The highest BCUT2D eigenvalue weighted by Crippen LogP contribution is 2.30. The summed E-state index contributed by atoms with van der Waals surface area (Å²) in [6.07, 6.45) is 8.43. The highest BCUT2D eigenvalue weighted by molar-refractivity contribution is 8.03. The minimum Gasteiger partial charge on any atom is -0.408 e. The lowest BCUT2D eigenvalue weighted by Crippen LogP contribution is -2.17. The molecule has 1 aliphatic carbocycles. The second-order valence-electron chi connectivity index (χ2n) is 4.66. The van der Waals surface area contributed by atoms with Crippen LogP contribution in [0.3, 0.4) is 0 Å². The van der Waals surface area contributed by atoms with Crippen LogP contribution < -0.4 is 11.2 Å². The van der Waals surface area contributed by atoms with Crippen LogP contribution in [0.5, 0.6) is 0 Å².